The number of carbonyl (C=O) groups is 1. The van der Waals surface area contributed by atoms with Crippen molar-refractivity contribution in [1.82, 2.24) is 4.31 Å². The van der Waals surface area contributed by atoms with Crippen molar-refractivity contribution in [2.24, 2.45) is 0 Å². The molecule has 5 nitrogen and oxygen atoms in total. The molecule has 0 bridgehead atoms. The Morgan fingerprint density at radius 3 is 2.43 bits per heavy atom. The van der Waals surface area contributed by atoms with E-state index in [0.29, 0.717) is 10.4 Å². The van der Waals surface area contributed by atoms with Gasteiger partial charge in [0.2, 0.25) is 10.0 Å². The van der Waals surface area contributed by atoms with E-state index in [9.17, 15) is 26.4 Å². The maximum Gasteiger partial charge on any atom is 0.417 e. The molecule has 1 N–H and O–H groups in total. The minimum atomic E-state index is -4.90. The molecule has 0 aliphatic rings. The lowest BCUT2D eigenvalue weighted by molar-refractivity contribution is -0.140. The number of sulfonamides is 1. The molecule has 0 fully saturated rings. The first kappa shape index (κ1) is 17.7. The number of alkyl halides is 3. The van der Waals surface area contributed by atoms with E-state index in [1.807, 2.05) is 0 Å². The first-order valence-electron chi connectivity index (χ1n) is 5.51. The zero-order valence-corrected chi connectivity index (χ0v) is 12.3. The van der Waals surface area contributed by atoms with E-state index in [4.69, 9.17) is 16.7 Å². The third kappa shape index (κ3) is 4.32. The Labute approximate surface area is 124 Å². The number of benzene rings is 1. The van der Waals surface area contributed by atoms with Crippen LogP contribution in [0.5, 0.6) is 0 Å². The molecule has 10 heteroatoms. The number of hydrogen-bond acceptors (Lipinski definition) is 3. The van der Waals surface area contributed by atoms with Gasteiger partial charge in [0.1, 0.15) is 0 Å². The second-order valence-electron chi connectivity index (χ2n) is 4.11. The fraction of sp³-hybridized carbons (Fsp3) is 0.364. The Balaban J connectivity index is 3.29. The minimum Gasteiger partial charge on any atom is -0.481 e. The average Bonchev–Trinajstić information content (AvgIpc) is 2.34. The largest absolute Gasteiger partial charge is 0.481 e. The van der Waals surface area contributed by atoms with Gasteiger partial charge in [-0.1, -0.05) is 11.6 Å². The van der Waals surface area contributed by atoms with Gasteiger partial charge in [-0.3, -0.25) is 4.79 Å². The quantitative estimate of drug-likeness (QED) is 0.889. The van der Waals surface area contributed by atoms with Crippen molar-refractivity contribution in [2.75, 3.05) is 13.6 Å². The summed E-state index contributed by atoms with van der Waals surface area (Å²) in [6.07, 6.45) is -5.42. The molecule has 0 amide bonds. The highest BCUT2D eigenvalue weighted by Gasteiger charge is 2.38. The van der Waals surface area contributed by atoms with Gasteiger partial charge >= 0.3 is 12.1 Å². The maximum atomic E-state index is 12.9. The van der Waals surface area contributed by atoms with Crippen LogP contribution >= 0.6 is 11.6 Å². The summed E-state index contributed by atoms with van der Waals surface area (Å²) in [7, 11) is -3.47. The third-order valence-corrected chi connectivity index (χ3v) is 4.73. The van der Waals surface area contributed by atoms with Crippen molar-refractivity contribution in [3.8, 4) is 0 Å². The van der Waals surface area contributed by atoms with Gasteiger partial charge in [0.25, 0.3) is 0 Å². The zero-order chi connectivity index (χ0) is 16.4. The van der Waals surface area contributed by atoms with Crippen LogP contribution in [0.15, 0.2) is 23.1 Å². The van der Waals surface area contributed by atoms with E-state index in [2.05, 4.69) is 0 Å². The predicted octanol–water partition coefficient (Wildman–Crippen LogP) is 2.45. The highest BCUT2D eigenvalue weighted by molar-refractivity contribution is 7.89. The van der Waals surface area contributed by atoms with Crippen LogP contribution < -0.4 is 0 Å². The summed E-state index contributed by atoms with van der Waals surface area (Å²) in [4.78, 5) is 9.45. The molecule has 0 atom stereocenters. The van der Waals surface area contributed by atoms with Gasteiger partial charge in [0, 0.05) is 18.6 Å². The third-order valence-electron chi connectivity index (χ3n) is 2.58. The average molecular weight is 346 g/mol. The SMILES string of the molecule is CN(CCC(=O)O)S(=O)(=O)c1ccc(Cl)cc1C(F)(F)F. The van der Waals surface area contributed by atoms with Gasteiger partial charge in [0.15, 0.2) is 0 Å². The molecule has 0 saturated heterocycles. The van der Waals surface area contributed by atoms with Gasteiger partial charge in [-0.2, -0.15) is 13.2 Å². The monoisotopic (exact) mass is 345 g/mol. The standard InChI is InChI=1S/C11H11ClF3NO4S/c1-16(5-4-10(17)18)21(19,20)9-3-2-7(12)6-8(9)11(13,14)15/h2-3,6H,4-5H2,1H3,(H,17,18). The summed E-state index contributed by atoms with van der Waals surface area (Å²) in [5, 5.41) is 8.24. The maximum absolute atomic E-state index is 12.9. The second kappa shape index (κ2) is 6.20. The van der Waals surface area contributed by atoms with Gasteiger partial charge in [-0.05, 0) is 18.2 Å². The topological polar surface area (TPSA) is 74.7 Å². The Bertz CT molecular complexity index is 645. The van der Waals surface area contributed by atoms with Gasteiger partial charge in [0.05, 0.1) is 16.9 Å². The predicted molar refractivity (Wildman–Crippen MR) is 68.5 cm³/mol. The van der Waals surface area contributed by atoms with Crippen molar-refractivity contribution in [1.29, 1.82) is 0 Å². The van der Waals surface area contributed by atoms with Gasteiger partial charge in [-0.25, -0.2) is 12.7 Å². The molecular formula is C11H11ClF3NO4S. The van der Waals surface area contributed by atoms with Crippen molar-refractivity contribution >= 4 is 27.6 Å². The van der Waals surface area contributed by atoms with E-state index in [-0.39, 0.29) is 5.02 Å². The van der Waals surface area contributed by atoms with Crippen LogP contribution in [-0.2, 0) is 21.0 Å². The van der Waals surface area contributed by atoms with Crippen LogP contribution in [0.1, 0.15) is 12.0 Å². The minimum absolute atomic E-state index is 0.255. The van der Waals surface area contributed by atoms with E-state index in [0.717, 1.165) is 19.2 Å². The molecule has 1 aromatic carbocycles. The Morgan fingerprint density at radius 2 is 1.95 bits per heavy atom. The van der Waals surface area contributed by atoms with Gasteiger partial charge < -0.3 is 5.11 Å². The summed E-state index contributed by atoms with van der Waals surface area (Å²) in [6, 6.07) is 2.28. The lowest BCUT2D eigenvalue weighted by Gasteiger charge is -2.19. The summed E-state index contributed by atoms with van der Waals surface area (Å²) in [5.41, 5.74) is -1.39. The summed E-state index contributed by atoms with van der Waals surface area (Å²) in [6.45, 7) is -0.447. The lowest BCUT2D eigenvalue weighted by Crippen LogP contribution is -2.30. The molecule has 21 heavy (non-hydrogen) atoms. The molecule has 1 rings (SSSR count). The normalized spacial score (nSPS) is 12.7. The van der Waals surface area contributed by atoms with E-state index in [1.54, 1.807) is 0 Å². The molecule has 0 heterocycles. The number of carboxylic acids is 1. The summed E-state index contributed by atoms with van der Waals surface area (Å²) < 4.78 is 63.5. The molecule has 0 spiro atoms. The van der Waals surface area contributed by atoms with Crippen LogP contribution in [0, 0.1) is 0 Å². The second-order valence-corrected chi connectivity index (χ2v) is 6.56. The van der Waals surface area contributed by atoms with E-state index < -0.39 is 45.6 Å². The number of hydrogen-bond donors (Lipinski definition) is 1. The Kier molecular flexibility index (Phi) is 5.24. The number of rotatable bonds is 5. The first-order chi connectivity index (χ1) is 9.46. The highest BCUT2D eigenvalue weighted by atomic mass is 35.5. The van der Waals surface area contributed by atoms with Crippen molar-refractivity contribution in [3.05, 3.63) is 28.8 Å². The molecular weight excluding hydrogens is 335 g/mol. The molecule has 0 aromatic heterocycles. The smallest absolute Gasteiger partial charge is 0.417 e. The van der Waals surface area contributed by atoms with Crippen LogP contribution in [-0.4, -0.2) is 37.4 Å². The molecule has 0 aliphatic heterocycles. The number of nitrogens with zero attached hydrogens (tertiary/aromatic N) is 1. The molecule has 1 aromatic rings. The first-order valence-corrected chi connectivity index (χ1v) is 7.33. The van der Waals surface area contributed by atoms with Crippen LogP contribution in [0.3, 0.4) is 0 Å². The fourth-order valence-electron chi connectivity index (χ4n) is 1.49. The summed E-state index contributed by atoms with van der Waals surface area (Å²) >= 11 is 5.47. The molecule has 0 saturated carbocycles. The van der Waals surface area contributed by atoms with Crippen LogP contribution in [0.2, 0.25) is 5.02 Å². The van der Waals surface area contributed by atoms with Crippen molar-refractivity contribution < 1.29 is 31.5 Å². The van der Waals surface area contributed by atoms with Crippen LogP contribution in [0.4, 0.5) is 13.2 Å². The zero-order valence-electron chi connectivity index (χ0n) is 10.7. The Hall–Kier alpha value is -1.32. The summed E-state index contributed by atoms with van der Waals surface area (Å²) in [5.74, 6) is -1.26. The van der Waals surface area contributed by atoms with E-state index >= 15 is 0 Å². The number of aliphatic carboxylic acids is 1. The van der Waals surface area contributed by atoms with Gasteiger partial charge in [-0.15, -0.1) is 0 Å². The Morgan fingerprint density at radius 1 is 1.38 bits per heavy atom. The lowest BCUT2D eigenvalue weighted by atomic mass is 10.2. The van der Waals surface area contributed by atoms with E-state index in [1.165, 1.54) is 0 Å². The number of halogens is 4. The number of carboxylic acid groups (broad SMARTS) is 1. The molecule has 0 aliphatic carbocycles. The molecule has 0 unspecified atom stereocenters. The fourth-order valence-corrected chi connectivity index (χ4v) is 3.02. The molecule has 118 valence electrons. The molecule has 0 radical (unpaired) electrons. The highest BCUT2D eigenvalue weighted by Crippen LogP contribution is 2.36. The van der Waals surface area contributed by atoms with Crippen LogP contribution in [0.25, 0.3) is 0 Å². The van der Waals surface area contributed by atoms with Crippen molar-refractivity contribution in [2.45, 2.75) is 17.5 Å². The van der Waals surface area contributed by atoms with Crippen molar-refractivity contribution in [3.63, 3.8) is 0 Å².